The third-order valence-corrected chi connectivity index (χ3v) is 2.05. The minimum Gasteiger partial charge on any atom is -0.478 e. The standard InChI is InChI=1S/C11H17NO2/c1-5-7-12(8-6-2)10(4)9(3)11(13)14/h5-6,10H,1-3,7-8H2,4H3,(H,13,14). The molecule has 14 heavy (non-hydrogen) atoms. The lowest BCUT2D eigenvalue weighted by Crippen LogP contribution is -2.36. The first-order valence-electron chi connectivity index (χ1n) is 4.42. The zero-order valence-electron chi connectivity index (χ0n) is 8.57. The summed E-state index contributed by atoms with van der Waals surface area (Å²) in [6, 6.07) is -0.205. The molecule has 0 rings (SSSR count). The van der Waals surface area contributed by atoms with Crippen molar-refractivity contribution < 1.29 is 9.90 Å². The summed E-state index contributed by atoms with van der Waals surface area (Å²) in [5.74, 6) is -0.962. The maximum absolute atomic E-state index is 10.7. The molecule has 0 fully saturated rings. The van der Waals surface area contributed by atoms with E-state index in [4.69, 9.17) is 5.11 Å². The summed E-state index contributed by atoms with van der Waals surface area (Å²) < 4.78 is 0. The smallest absolute Gasteiger partial charge is 0.332 e. The summed E-state index contributed by atoms with van der Waals surface area (Å²) in [7, 11) is 0. The van der Waals surface area contributed by atoms with E-state index in [1.54, 1.807) is 12.2 Å². The Morgan fingerprint density at radius 1 is 1.43 bits per heavy atom. The van der Waals surface area contributed by atoms with Gasteiger partial charge in [-0.25, -0.2) is 4.79 Å². The highest BCUT2D eigenvalue weighted by Crippen LogP contribution is 2.08. The molecule has 0 amide bonds. The van der Waals surface area contributed by atoms with Gasteiger partial charge in [-0.1, -0.05) is 18.7 Å². The van der Waals surface area contributed by atoms with Crippen molar-refractivity contribution in [1.29, 1.82) is 0 Å². The second-order valence-electron chi connectivity index (χ2n) is 3.04. The largest absolute Gasteiger partial charge is 0.478 e. The van der Waals surface area contributed by atoms with E-state index < -0.39 is 5.97 Å². The van der Waals surface area contributed by atoms with E-state index in [0.29, 0.717) is 13.1 Å². The van der Waals surface area contributed by atoms with Gasteiger partial charge in [0.25, 0.3) is 0 Å². The van der Waals surface area contributed by atoms with Gasteiger partial charge in [0.1, 0.15) is 0 Å². The van der Waals surface area contributed by atoms with Crippen molar-refractivity contribution in [3.05, 3.63) is 37.5 Å². The number of aliphatic carboxylic acids is 1. The van der Waals surface area contributed by atoms with Gasteiger partial charge in [0.2, 0.25) is 0 Å². The molecule has 0 saturated heterocycles. The highest BCUT2D eigenvalue weighted by molar-refractivity contribution is 5.87. The van der Waals surface area contributed by atoms with E-state index in [-0.39, 0.29) is 11.6 Å². The van der Waals surface area contributed by atoms with Gasteiger partial charge in [0, 0.05) is 24.7 Å². The molecular weight excluding hydrogens is 178 g/mol. The minimum absolute atomic E-state index is 0.189. The predicted octanol–water partition coefficient (Wildman–Crippen LogP) is 1.69. The van der Waals surface area contributed by atoms with E-state index in [1.807, 2.05) is 11.8 Å². The van der Waals surface area contributed by atoms with E-state index >= 15 is 0 Å². The highest BCUT2D eigenvalue weighted by Gasteiger charge is 2.18. The van der Waals surface area contributed by atoms with Crippen LogP contribution in [0.3, 0.4) is 0 Å². The maximum Gasteiger partial charge on any atom is 0.332 e. The molecule has 0 aromatic carbocycles. The zero-order chi connectivity index (χ0) is 11.1. The average Bonchev–Trinajstić information content (AvgIpc) is 2.15. The second kappa shape index (κ2) is 6.16. The molecule has 1 N–H and O–H groups in total. The van der Waals surface area contributed by atoms with Crippen LogP contribution in [0.25, 0.3) is 0 Å². The molecule has 0 aromatic heterocycles. The number of carbonyl (C=O) groups is 1. The Morgan fingerprint density at radius 3 is 2.14 bits per heavy atom. The van der Waals surface area contributed by atoms with Crippen LogP contribution in [0.5, 0.6) is 0 Å². The fraction of sp³-hybridized carbons (Fsp3) is 0.364. The van der Waals surface area contributed by atoms with Crippen molar-refractivity contribution in [3.8, 4) is 0 Å². The number of rotatable bonds is 7. The Hall–Kier alpha value is -1.35. The fourth-order valence-electron chi connectivity index (χ4n) is 1.12. The molecule has 0 aromatic rings. The predicted molar refractivity (Wildman–Crippen MR) is 58.2 cm³/mol. The van der Waals surface area contributed by atoms with Gasteiger partial charge in [-0.15, -0.1) is 13.2 Å². The molecule has 0 spiro atoms. The number of nitrogens with zero attached hydrogens (tertiary/aromatic N) is 1. The van der Waals surface area contributed by atoms with E-state index in [1.165, 1.54) is 0 Å². The Labute approximate surface area is 85.0 Å². The SMILES string of the molecule is C=CCN(CC=C)C(C)C(=C)C(=O)O. The Kier molecular flexibility index (Phi) is 5.56. The summed E-state index contributed by atoms with van der Waals surface area (Å²) >= 11 is 0. The average molecular weight is 195 g/mol. The molecule has 0 bridgehead atoms. The summed E-state index contributed by atoms with van der Waals surface area (Å²) in [6.07, 6.45) is 3.46. The van der Waals surface area contributed by atoms with Crippen LogP contribution in [0.4, 0.5) is 0 Å². The Morgan fingerprint density at radius 2 is 1.86 bits per heavy atom. The Balaban J connectivity index is 4.47. The molecule has 0 radical (unpaired) electrons. The van der Waals surface area contributed by atoms with Crippen LogP contribution in [-0.4, -0.2) is 35.1 Å². The lowest BCUT2D eigenvalue weighted by atomic mass is 10.1. The first-order chi connectivity index (χ1) is 6.54. The molecule has 0 saturated carbocycles. The monoisotopic (exact) mass is 195 g/mol. The van der Waals surface area contributed by atoms with Crippen molar-refractivity contribution in [2.45, 2.75) is 13.0 Å². The molecule has 0 aliphatic heterocycles. The molecular formula is C11H17NO2. The van der Waals surface area contributed by atoms with Crippen molar-refractivity contribution in [1.82, 2.24) is 4.90 Å². The van der Waals surface area contributed by atoms with E-state index in [9.17, 15) is 4.79 Å². The Bertz CT molecular complexity index is 236. The van der Waals surface area contributed by atoms with Gasteiger partial charge in [-0.2, -0.15) is 0 Å². The summed E-state index contributed by atoms with van der Waals surface area (Å²) in [6.45, 7) is 13.8. The van der Waals surface area contributed by atoms with Gasteiger partial charge in [-0.3, -0.25) is 4.90 Å². The van der Waals surface area contributed by atoms with Crippen LogP contribution in [0.2, 0.25) is 0 Å². The molecule has 0 aliphatic rings. The van der Waals surface area contributed by atoms with Gasteiger partial charge in [0.05, 0.1) is 0 Å². The third kappa shape index (κ3) is 3.58. The molecule has 3 heteroatoms. The van der Waals surface area contributed by atoms with Crippen molar-refractivity contribution in [3.63, 3.8) is 0 Å². The van der Waals surface area contributed by atoms with Gasteiger partial charge < -0.3 is 5.11 Å². The van der Waals surface area contributed by atoms with E-state index in [0.717, 1.165) is 0 Å². The van der Waals surface area contributed by atoms with Gasteiger partial charge in [-0.05, 0) is 6.92 Å². The van der Waals surface area contributed by atoms with Gasteiger partial charge in [0.15, 0.2) is 0 Å². The van der Waals surface area contributed by atoms with Crippen LogP contribution in [0, 0.1) is 0 Å². The number of hydrogen-bond acceptors (Lipinski definition) is 2. The normalized spacial score (nSPS) is 12.1. The zero-order valence-corrected chi connectivity index (χ0v) is 8.57. The fourth-order valence-corrected chi connectivity index (χ4v) is 1.12. The molecule has 3 nitrogen and oxygen atoms in total. The van der Waals surface area contributed by atoms with Crippen LogP contribution in [0.15, 0.2) is 37.5 Å². The molecule has 78 valence electrons. The lowest BCUT2D eigenvalue weighted by molar-refractivity contribution is -0.133. The van der Waals surface area contributed by atoms with Crippen molar-refractivity contribution >= 4 is 5.97 Å². The van der Waals surface area contributed by atoms with Crippen molar-refractivity contribution in [2.24, 2.45) is 0 Å². The molecule has 0 aliphatic carbocycles. The molecule has 1 unspecified atom stereocenters. The van der Waals surface area contributed by atoms with Gasteiger partial charge >= 0.3 is 5.97 Å². The number of carboxylic acid groups (broad SMARTS) is 1. The summed E-state index contributed by atoms with van der Waals surface area (Å²) in [5, 5.41) is 8.76. The summed E-state index contributed by atoms with van der Waals surface area (Å²) in [4.78, 5) is 12.6. The molecule has 1 atom stereocenters. The van der Waals surface area contributed by atoms with Crippen molar-refractivity contribution in [2.75, 3.05) is 13.1 Å². The van der Waals surface area contributed by atoms with Crippen LogP contribution < -0.4 is 0 Å². The second-order valence-corrected chi connectivity index (χ2v) is 3.04. The summed E-state index contributed by atoms with van der Waals surface area (Å²) in [5.41, 5.74) is 0.189. The first-order valence-corrected chi connectivity index (χ1v) is 4.42. The van der Waals surface area contributed by atoms with E-state index in [2.05, 4.69) is 19.7 Å². The van der Waals surface area contributed by atoms with Crippen LogP contribution >= 0.6 is 0 Å². The quantitative estimate of drug-likeness (QED) is 0.496. The minimum atomic E-state index is -0.962. The third-order valence-electron chi connectivity index (χ3n) is 2.05. The topological polar surface area (TPSA) is 40.5 Å². The molecule has 0 heterocycles. The number of hydrogen-bond donors (Lipinski definition) is 1. The lowest BCUT2D eigenvalue weighted by Gasteiger charge is -2.26. The highest BCUT2D eigenvalue weighted by atomic mass is 16.4. The maximum atomic E-state index is 10.7. The van der Waals surface area contributed by atoms with Crippen LogP contribution in [0.1, 0.15) is 6.92 Å². The first kappa shape index (κ1) is 12.7. The van der Waals surface area contributed by atoms with Crippen LogP contribution in [-0.2, 0) is 4.79 Å². The number of carboxylic acids is 1.